The van der Waals surface area contributed by atoms with Crippen molar-refractivity contribution < 1.29 is 14.3 Å². The van der Waals surface area contributed by atoms with Crippen LogP contribution in [0.3, 0.4) is 0 Å². The van der Waals surface area contributed by atoms with E-state index >= 15 is 0 Å². The van der Waals surface area contributed by atoms with E-state index in [9.17, 15) is 4.79 Å². The van der Waals surface area contributed by atoms with E-state index in [1.54, 1.807) is 18.2 Å². The monoisotopic (exact) mass is 246 g/mol. The molecule has 1 saturated heterocycles. The summed E-state index contributed by atoms with van der Waals surface area (Å²) < 4.78 is 11.1. The highest BCUT2D eigenvalue weighted by molar-refractivity contribution is 5.92. The molecule has 5 nitrogen and oxygen atoms in total. The Hall–Kier alpha value is -1.90. The lowest BCUT2D eigenvalue weighted by Crippen LogP contribution is -2.22. The molecule has 0 bridgehead atoms. The van der Waals surface area contributed by atoms with E-state index in [0.717, 1.165) is 5.56 Å². The molecule has 0 spiro atoms. The maximum Gasteiger partial charge on any atom is 0.238 e. The van der Waals surface area contributed by atoms with Crippen LogP contribution in [0.4, 0.5) is 5.69 Å². The summed E-state index contributed by atoms with van der Waals surface area (Å²) >= 11 is 0. The largest absolute Gasteiger partial charge is 0.344 e. The minimum atomic E-state index is -0.754. The number of nitrogens with one attached hydrogen (secondary N) is 1. The average molecular weight is 246 g/mol. The summed E-state index contributed by atoms with van der Waals surface area (Å²) in [5, 5.41) is 11.1. The number of carbonyl (C=O) groups excluding carboxylic acids is 1. The molecule has 0 aromatic heterocycles. The molecule has 1 aliphatic rings. The molecule has 1 amide bonds. The molecule has 0 atom stereocenters. The first-order valence-electron chi connectivity index (χ1n) is 5.69. The van der Waals surface area contributed by atoms with Crippen LogP contribution in [0, 0.1) is 11.3 Å². The summed E-state index contributed by atoms with van der Waals surface area (Å²) in [6.45, 7) is 2.96. The Kier molecular flexibility index (Phi) is 3.60. The maximum absolute atomic E-state index is 11.3. The van der Waals surface area contributed by atoms with Gasteiger partial charge >= 0.3 is 0 Å². The number of ether oxygens (including phenoxy) is 2. The highest BCUT2D eigenvalue weighted by Crippen LogP contribution is 2.31. The second kappa shape index (κ2) is 5.17. The van der Waals surface area contributed by atoms with Crippen molar-refractivity contribution in [1.29, 1.82) is 5.26 Å². The Morgan fingerprint density at radius 3 is 2.89 bits per heavy atom. The second-order valence-corrected chi connectivity index (χ2v) is 4.11. The number of benzene rings is 1. The molecule has 0 saturated carbocycles. The standard InChI is InChI=1S/C13H14N2O3/c1-13(17-7-8-18-13)10-3-2-4-11(9-10)15-12(16)5-6-14/h2-4,9H,5,7-8H2,1H3,(H,15,16). The average Bonchev–Trinajstić information content (AvgIpc) is 2.78. The third kappa shape index (κ3) is 2.67. The van der Waals surface area contributed by atoms with Gasteiger partial charge in [0.15, 0.2) is 5.79 Å². The summed E-state index contributed by atoms with van der Waals surface area (Å²) in [7, 11) is 0. The smallest absolute Gasteiger partial charge is 0.238 e. The minimum Gasteiger partial charge on any atom is -0.344 e. The van der Waals surface area contributed by atoms with E-state index < -0.39 is 5.79 Å². The normalized spacial score (nSPS) is 17.1. The van der Waals surface area contributed by atoms with Crippen molar-refractivity contribution in [3.63, 3.8) is 0 Å². The molecule has 2 rings (SSSR count). The number of nitriles is 1. The van der Waals surface area contributed by atoms with Crippen LogP contribution in [0.5, 0.6) is 0 Å². The summed E-state index contributed by atoms with van der Waals surface area (Å²) in [5.41, 5.74) is 1.47. The number of hydrogen-bond donors (Lipinski definition) is 1. The van der Waals surface area contributed by atoms with Crippen LogP contribution in [-0.4, -0.2) is 19.1 Å². The molecule has 5 heteroatoms. The lowest BCUT2D eigenvalue weighted by molar-refractivity contribution is -0.149. The van der Waals surface area contributed by atoms with E-state index in [1.165, 1.54) is 0 Å². The van der Waals surface area contributed by atoms with Crippen LogP contribution in [0.15, 0.2) is 24.3 Å². The maximum atomic E-state index is 11.3. The lowest BCUT2D eigenvalue weighted by atomic mass is 10.1. The van der Waals surface area contributed by atoms with E-state index in [1.807, 2.05) is 19.1 Å². The van der Waals surface area contributed by atoms with E-state index in [-0.39, 0.29) is 12.3 Å². The molecule has 0 unspecified atom stereocenters. The Bertz CT molecular complexity index is 487. The zero-order valence-electron chi connectivity index (χ0n) is 10.1. The third-order valence-electron chi connectivity index (χ3n) is 2.75. The van der Waals surface area contributed by atoms with Gasteiger partial charge in [0.2, 0.25) is 5.91 Å². The minimum absolute atomic E-state index is 0.158. The van der Waals surface area contributed by atoms with Gasteiger partial charge in [0.1, 0.15) is 6.42 Å². The van der Waals surface area contributed by atoms with Crippen molar-refractivity contribution in [2.75, 3.05) is 18.5 Å². The van der Waals surface area contributed by atoms with Crippen LogP contribution in [0.2, 0.25) is 0 Å². The van der Waals surface area contributed by atoms with Crippen LogP contribution < -0.4 is 5.32 Å². The molecule has 1 fully saturated rings. The molecule has 1 aromatic carbocycles. The van der Waals surface area contributed by atoms with Crippen LogP contribution in [-0.2, 0) is 20.1 Å². The Morgan fingerprint density at radius 2 is 2.22 bits per heavy atom. The van der Waals surface area contributed by atoms with Crippen molar-refractivity contribution >= 4 is 11.6 Å². The summed E-state index contributed by atoms with van der Waals surface area (Å²) in [5.74, 6) is -1.08. The molecule has 1 heterocycles. The number of rotatable bonds is 3. The number of carbonyl (C=O) groups is 1. The van der Waals surface area contributed by atoms with E-state index in [4.69, 9.17) is 14.7 Å². The number of nitrogens with zero attached hydrogens (tertiary/aromatic N) is 1. The van der Waals surface area contributed by atoms with E-state index in [0.29, 0.717) is 18.9 Å². The summed E-state index contributed by atoms with van der Waals surface area (Å²) in [4.78, 5) is 11.3. The zero-order valence-corrected chi connectivity index (χ0v) is 10.1. The van der Waals surface area contributed by atoms with Gasteiger partial charge in [-0.2, -0.15) is 5.26 Å². The molecule has 94 valence electrons. The molecule has 1 aliphatic heterocycles. The first-order chi connectivity index (χ1) is 8.64. The topological polar surface area (TPSA) is 71.4 Å². The molecule has 1 aromatic rings. The van der Waals surface area contributed by atoms with Crippen LogP contribution in [0.1, 0.15) is 18.9 Å². The fraction of sp³-hybridized carbons (Fsp3) is 0.385. The molecule has 0 radical (unpaired) electrons. The second-order valence-electron chi connectivity index (χ2n) is 4.11. The van der Waals surface area contributed by atoms with Gasteiger partial charge in [-0.3, -0.25) is 4.79 Å². The van der Waals surface area contributed by atoms with Crippen molar-refractivity contribution in [1.82, 2.24) is 0 Å². The van der Waals surface area contributed by atoms with Crippen LogP contribution >= 0.6 is 0 Å². The highest BCUT2D eigenvalue weighted by Gasteiger charge is 2.33. The fourth-order valence-corrected chi connectivity index (χ4v) is 1.84. The zero-order chi connectivity index (χ0) is 13.0. The van der Waals surface area contributed by atoms with Crippen LogP contribution in [0.25, 0.3) is 0 Å². The SMILES string of the molecule is CC1(c2cccc(NC(=O)CC#N)c2)OCCO1. The highest BCUT2D eigenvalue weighted by atomic mass is 16.7. The Morgan fingerprint density at radius 1 is 1.50 bits per heavy atom. The molecule has 1 N–H and O–H groups in total. The number of anilines is 1. The van der Waals surface area contributed by atoms with Gasteiger partial charge in [0, 0.05) is 11.3 Å². The molecular weight excluding hydrogens is 232 g/mol. The number of amides is 1. The fourth-order valence-electron chi connectivity index (χ4n) is 1.84. The van der Waals surface area contributed by atoms with Gasteiger partial charge in [-0.05, 0) is 19.1 Å². The Labute approximate surface area is 105 Å². The lowest BCUT2D eigenvalue weighted by Gasteiger charge is -2.23. The quantitative estimate of drug-likeness (QED) is 0.882. The van der Waals surface area contributed by atoms with E-state index in [2.05, 4.69) is 5.32 Å². The molecule has 0 aliphatic carbocycles. The van der Waals surface area contributed by atoms with Gasteiger partial charge in [0.25, 0.3) is 0 Å². The third-order valence-corrected chi connectivity index (χ3v) is 2.75. The first kappa shape index (κ1) is 12.6. The predicted molar refractivity (Wildman–Crippen MR) is 64.6 cm³/mol. The van der Waals surface area contributed by atoms with Gasteiger partial charge in [0.05, 0.1) is 19.3 Å². The Balaban J connectivity index is 2.15. The molecule has 18 heavy (non-hydrogen) atoms. The van der Waals surface area contributed by atoms with Crippen molar-refractivity contribution in [3.8, 4) is 6.07 Å². The van der Waals surface area contributed by atoms with Gasteiger partial charge in [-0.25, -0.2) is 0 Å². The van der Waals surface area contributed by atoms with Gasteiger partial charge in [-0.1, -0.05) is 12.1 Å². The van der Waals surface area contributed by atoms with Gasteiger partial charge in [-0.15, -0.1) is 0 Å². The van der Waals surface area contributed by atoms with Gasteiger partial charge < -0.3 is 14.8 Å². The summed E-state index contributed by atoms with van der Waals surface area (Å²) in [6.07, 6.45) is -0.158. The van der Waals surface area contributed by atoms with Crippen molar-refractivity contribution in [2.45, 2.75) is 19.1 Å². The van der Waals surface area contributed by atoms with Crippen molar-refractivity contribution in [3.05, 3.63) is 29.8 Å². The summed E-state index contributed by atoms with van der Waals surface area (Å²) in [6, 6.07) is 9.05. The predicted octanol–water partition coefficient (Wildman–Crippen LogP) is 1.76. The molecular formula is C13H14N2O3. The first-order valence-corrected chi connectivity index (χ1v) is 5.69. The van der Waals surface area contributed by atoms with Crippen molar-refractivity contribution in [2.24, 2.45) is 0 Å². The number of hydrogen-bond acceptors (Lipinski definition) is 4.